The molecule has 0 atom stereocenters. The molecule has 2 aromatic heterocycles. The van der Waals surface area contributed by atoms with Gasteiger partial charge in [0.25, 0.3) is 5.91 Å². The van der Waals surface area contributed by atoms with Gasteiger partial charge >= 0.3 is 0 Å². The minimum atomic E-state index is -3.71. The minimum absolute atomic E-state index is 0.00362. The second kappa shape index (κ2) is 11.4. The molecule has 12 heteroatoms. The molecule has 1 saturated carbocycles. The summed E-state index contributed by atoms with van der Waals surface area (Å²) in [6.45, 7) is 2.34. The number of amides is 1. The number of carbonyl (C=O) groups is 1. The second-order valence-electron chi connectivity index (χ2n) is 9.89. The third-order valence-corrected chi connectivity index (χ3v) is 11.3. The van der Waals surface area contributed by atoms with E-state index in [9.17, 15) is 21.6 Å². The first-order chi connectivity index (χ1) is 19.1. The lowest BCUT2D eigenvalue weighted by Crippen LogP contribution is -2.41. The molecule has 5 rings (SSSR count). The zero-order valence-corrected chi connectivity index (χ0v) is 24.8. The van der Waals surface area contributed by atoms with Crippen LogP contribution in [-0.2, 0) is 26.4 Å². The number of sulfonamides is 1. The molecule has 1 aliphatic rings. The van der Waals surface area contributed by atoms with Gasteiger partial charge in [0.2, 0.25) is 10.0 Å². The molecule has 0 radical (unpaired) electrons. The van der Waals surface area contributed by atoms with Crippen molar-refractivity contribution >= 4 is 52.5 Å². The van der Waals surface area contributed by atoms with Crippen molar-refractivity contribution in [3.05, 3.63) is 72.2 Å². The average molecular weight is 602 g/mol. The lowest BCUT2D eigenvalue weighted by Gasteiger charge is -2.32. The smallest absolute Gasteiger partial charge is 0.260 e. The molecule has 9 nitrogen and oxygen atoms in total. The van der Waals surface area contributed by atoms with Gasteiger partial charge in [-0.2, -0.15) is 4.31 Å². The molecule has 212 valence electrons. The summed E-state index contributed by atoms with van der Waals surface area (Å²) >= 11 is 1.20. The Labute approximate surface area is 238 Å². The van der Waals surface area contributed by atoms with Gasteiger partial charge in [-0.1, -0.05) is 37.5 Å². The summed E-state index contributed by atoms with van der Waals surface area (Å²) in [6, 6.07) is 14.1. The van der Waals surface area contributed by atoms with E-state index in [2.05, 4.69) is 4.98 Å². The van der Waals surface area contributed by atoms with Crippen LogP contribution in [0.2, 0.25) is 0 Å². The summed E-state index contributed by atoms with van der Waals surface area (Å²) in [7, 11) is -7.11. The van der Waals surface area contributed by atoms with E-state index < -0.39 is 19.9 Å². The van der Waals surface area contributed by atoms with Crippen molar-refractivity contribution in [3.63, 3.8) is 0 Å². The molecule has 0 spiro atoms. The number of hydrogen-bond acceptors (Lipinski definition) is 8. The maximum atomic E-state index is 13.8. The molecule has 1 amide bonds. The van der Waals surface area contributed by atoms with Crippen LogP contribution >= 0.6 is 11.3 Å². The number of hydrogen-bond donors (Lipinski definition) is 0. The van der Waals surface area contributed by atoms with Gasteiger partial charge in [-0.3, -0.25) is 9.69 Å². The highest BCUT2D eigenvalue weighted by molar-refractivity contribution is 7.90. The zero-order chi connectivity index (χ0) is 28.5. The molecular weight excluding hydrogens is 571 g/mol. The summed E-state index contributed by atoms with van der Waals surface area (Å²) in [6.07, 6.45) is 7.56. The minimum Gasteiger partial charge on any atom is -0.467 e. The van der Waals surface area contributed by atoms with Crippen LogP contribution in [0.4, 0.5) is 5.13 Å². The molecule has 40 heavy (non-hydrogen) atoms. The van der Waals surface area contributed by atoms with Crippen molar-refractivity contribution in [3.8, 4) is 0 Å². The largest absolute Gasteiger partial charge is 0.467 e. The number of furan rings is 1. The Kier molecular flexibility index (Phi) is 8.14. The molecular formula is C28H31N3O6S3. The molecule has 0 N–H and O–H groups in total. The normalized spacial score (nSPS) is 15.1. The number of nitrogens with zero attached hydrogens (tertiary/aromatic N) is 3. The number of carbonyl (C=O) groups excluding carboxylic acids is 1. The Hall–Kier alpha value is -3.06. The van der Waals surface area contributed by atoms with E-state index in [1.54, 1.807) is 28.6 Å². The van der Waals surface area contributed by atoms with Crippen molar-refractivity contribution in [2.45, 2.75) is 61.4 Å². The number of thiazole rings is 1. The zero-order valence-electron chi connectivity index (χ0n) is 22.3. The molecule has 4 aromatic rings. The Bertz CT molecular complexity index is 1710. The van der Waals surface area contributed by atoms with Gasteiger partial charge in [0.1, 0.15) is 5.76 Å². The molecule has 0 aliphatic heterocycles. The predicted molar refractivity (Wildman–Crippen MR) is 155 cm³/mol. The van der Waals surface area contributed by atoms with Gasteiger partial charge in [0.15, 0.2) is 15.0 Å². The van der Waals surface area contributed by atoms with E-state index in [4.69, 9.17) is 4.42 Å². The standard InChI is InChI=1S/C28H31N3O6S3/c1-3-31(21-8-5-4-6-9-21)40(35,36)23-13-11-20(12-14-23)27(32)30(19-22-10-7-17-37-22)28-29-25-16-15-24(39(2,33)34)18-26(25)38-28/h7,10-18,21H,3-6,8-9,19H2,1-2H3. The summed E-state index contributed by atoms with van der Waals surface area (Å²) in [5, 5.41) is 0.369. The maximum Gasteiger partial charge on any atom is 0.260 e. The Morgan fingerprint density at radius 2 is 1.70 bits per heavy atom. The van der Waals surface area contributed by atoms with Crippen LogP contribution in [0.15, 0.2) is 75.1 Å². The molecule has 1 aliphatic carbocycles. The fourth-order valence-corrected chi connectivity index (χ4v) is 8.50. The van der Waals surface area contributed by atoms with Crippen LogP contribution < -0.4 is 4.90 Å². The second-order valence-corrected chi connectivity index (χ2v) is 14.8. The molecule has 0 unspecified atom stereocenters. The average Bonchev–Trinajstić information content (AvgIpc) is 3.61. The van der Waals surface area contributed by atoms with Gasteiger partial charge in [-0.25, -0.2) is 21.8 Å². The number of aromatic nitrogens is 1. The van der Waals surface area contributed by atoms with Crippen molar-refractivity contribution in [1.82, 2.24) is 9.29 Å². The number of anilines is 1. The summed E-state index contributed by atoms with van der Waals surface area (Å²) in [5.74, 6) is 0.150. The van der Waals surface area contributed by atoms with Gasteiger partial charge in [0.05, 0.1) is 32.8 Å². The van der Waals surface area contributed by atoms with Crippen molar-refractivity contribution in [2.24, 2.45) is 0 Å². The first-order valence-electron chi connectivity index (χ1n) is 13.1. The highest BCUT2D eigenvalue weighted by atomic mass is 32.2. The van der Waals surface area contributed by atoms with Crippen LogP contribution in [0.25, 0.3) is 10.2 Å². The van der Waals surface area contributed by atoms with Gasteiger partial charge in [-0.05, 0) is 67.4 Å². The monoisotopic (exact) mass is 601 g/mol. The van der Waals surface area contributed by atoms with Crippen LogP contribution in [0.5, 0.6) is 0 Å². The molecule has 0 bridgehead atoms. The van der Waals surface area contributed by atoms with Gasteiger partial charge in [0, 0.05) is 24.4 Å². The van der Waals surface area contributed by atoms with Crippen LogP contribution in [-0.4, -0.2) is 50.9 Å². The van der Waals surface area contributed by atoms with E-state index in [-0.39, 0.29) is 28.3 Å². The maximum absolute atomic E-state index is 13.8. The van der Waals surface area contributed by atoms with E-state index >= 15 is 0 Å². The van der Waals surface area contributed by atoms with Crippen molar-refractivity contribution < 1.29 is 26.0 Å². The number of benzene rings is 2. The SMILES string of the molecule is CCN(C1CCCCC1)S(=O)(=O)c1ccc(C(=O)N(Cc2ccco2)c2nc3ccc(S(C)(=O)=O)cc3s2)cc1. The quantitative estimate of drug-likeness (QED) is 0.249. The first kappa shape index (κ1) is 28.5. The Morgan fingerprint density at radius 3 is 2.33 bits per heavy atom. The number of rotatable bonds is 9. The van der Waals surface area contributed by atoms with E-state index in [0.717, 1.165) is 38.4 Å². The van der Waals surface area contributed by atoms with E-state index in [0.29, 0.717) is 33.2 Å². The molecule has 2 aromatic carbocycles. The number of sulfone groups is 1. The van der Waals surface area contributed by atoms with Crippen LogP contribution in [0.3, 0.4) is 0 Å². The fraction of sp³-hybridized carbons (Fsp3) is 0.357. The summed E-state index contributed by atoms with van der Waals surface area (Å²) in [5.41, 5.74) is 0.857. The molecule has 2 heterocycles. The topological polar surface area (TPSA) is 118 Å². The third kappa shape index (κ3) is 5.85. The summed E-state index contributed by atoms with van der Waals surface area (Å²) < 4.78 is 58.7. The van der Waals surface area contributed by atoms with Crippen LogP contribution in [0, 0.1) is 0 Å². The van der Waals surface area contributed by atoms with Gasteiger partial charge in [-0.15, -0.1) is 0 Å². The molecule has 1 fully saturated rings. The predicted octanol–water partition coefficient (Wildman–Crippen LogP) is 5.48. The molecule has 0 saturated heterocycles. The number of fused-ring (bicyclic) bond motifs is 1. The lowest BCUT2D eigenvalue weighted by atomic mass is 9.95. The highest BCUT2D eigenvalue weighted by Gasteiger charge is 2.31. The van der Waals surface area contributed by atoms with Crippen molar-refractivity contribution in [2.75, 3.05) is 17.7 Å². The van der Waals surface area contributed by atoms with Crippen molar-refractivity contribution in [1.29, 1.82) is 0 Å². The fourth-order valence-electron chi connectivity index (χ4n) is 5.08. The van der Waals surface area contributed by atoms with Crippen LogP contribution in [0.1, 0.15) is 55.1 Å². The Morgan fingerprint density at radius 1 is 1.00 bits per heavy atom. The van der Waals surface area contributed by atoms with Gasteiger partial charge < -0.3 is 4.42 Å². The first-order valence-corrected chi connectivity index (χ1v) is 17.3. The van der Waals surface area contributed by atoms with E-state index in [1.165, 1.54) is 52.8 Å². The third-order valence-electron chi connectivity index (χ3n) is 7.15. The highest BCUT2D eigenvalue weighted by Crippen LogP contribution is 2.33. The Balaban J connectivity index is 1.46. The lowest BCUT2D eigenvalue weighted by molar-refractivity contribution is 0.0983. The summed E-state index contributed by atoms with van der Waals surface area (Å²) in [4.78, 5) is 20.1. The van der Waals surface area contributed by atoms with E-state index in [1.807, 2.05) is 6.92 Å².